The summed E-state index contributed by atoms with van der Waals surface area (Å²) >= 11 is 0. The summed E-state index contributed by atoms with van der Waals surface area (Å²) in [7, 11) is 0. The number of hydrogen-bond donors (Lipinski definition) is 2. The van der Waals surface area contributed by atoms with E-state index in [9.17, 15) is 9.59 Å². The molecule has 4 nitrogen and oxygen atoms in total. The molecule has 2 N–H and O–H groups in total. The third kappa shape index (κ3) is 3.90. The van der Waals surface area contributed by atoms with Crippen LogP contribution in [0.25, 0.3) is 0 Å². The molecule has 0 bridgehead atoms. The zero-order valence-electron chi connectivity index (χ0n) is 8.82. The van der Waals surface area contributed by atoms with Crippen LogP contribution < -0.4 is 0 Å². The van der Waals surface area contributed by atoms with Gasteiger partial charge in [0, 0.05) is 6.42 Å². The minimum atomic E-state index is -0.906. The molecule has 1 aliphatic carbocycles. The molecule has 1 rings (SSSR count). The first-order chi connectivity index (χ1) is 7.11. The number of carboxylic acids is 2. The Morgan fingerprint density at radius 2 is 1.73 bits per heavy atom. The van der Waals surface area contributed by atoms with Gasteiger partial charge in [-0.15, -0.1) is 0 Å². The largest absolute Gasteiger partial charge is 0.481 e. The summed E-state index contributed by atoms with van der Waals surface area (Å²) in [6, 6.07) is 0. The molecule has 4 heteroatoms. The van der Waals surface area contributed by atoms with E-state index in [1.165, 1.54) is 6.42 Å². The highest BCUT2D eigenvalue weighted by Gasteiger charge is 2.29. The molecule has 0 aromatic heterocycles. The first-order valence-electron chi connectivity index (χ1n) is 5.56. The van der Waals surface area contributed by atoms with E-state index in [-0.39, 0.29) is 18.8 Å². The Kier molecular flexibility index (Phi) is 4.59. The van der Waals surface area contributed by atoms with Gasteiger partial charge in [-0.2, -0.15) is 0 Å². The molecule has 0 aromatic rings. The predicted molar refractivity (Wildman–Crippen MR) is 54.6 cm³/mol. The highest BCUT2D eigenvalue weighted by molar-refractivity contribution is 5.72. The monoisotopic (exact) mass is 214 g/mol. The van der Waals surface area contributed by atoms with Crippen molar-refractivity contribution in [3.8, 4) is 0 Å². The topological polar surface area (TPSA) is 74.6 Å². The number of hydrogen-bond acceptors (Lipinski definition) is 2. The van der Waals surface area contributed by atoms with Crippen LogP contribution in [0.5, 0.6) is 0 Å². The van der Waals surface area contributed by atoms with Crippen molar-refractivity contribution < 1.29 is 19.8 Å². The predicted octanol–water partition coefficient (Wildman–Crippen LogP) is 2.13. The first kappa shape index (κ1) is 12.0. The summed E-state index contributed by atoms with van der Waals surface area (Å²) in [5, 5.41) is 17.6. The van der Waals surface area contributed by atoms with E-state index in [4.69, 9.17) is 10.2 Å². The Labute approximate surface area is 89.3 Å². The molecule has 0 aliphatic heterocycles. The number of carboxylic acid groups (broad SMARTS) is 2. The van der Waals surface area contributed by atoms with Gasteiger partial charge >= 0.3 is 11.9 Å². The fourth-order valence-electron chi connectivity index (χ4n) is 2.38. The summed E-state index contributed by atoms with van der Waals surface area (Å²) < 4.78 is 0. The van der Waals surface area contributed by atoms with E-state index < -0.39 is 17.9 Å². The van der Waals surface area contributed by atoms with Crippen molar-refractivity contribution in [2.24, 2.45) is 11.8 Å². The summed E-state index contributed by atoms with van der Waals surface area (Å²) in [5.74, 6) is -2.00. The van der Waals surface area contributed by atoms with Crippen LogP contribution in [0, 0.1) is 11.8 Å². The van der Waals surface area contributed by atoms with Crippen LogP contribution >= 0.6 is 0 Å². The zero-order valence-corrected chi connectivity index (χ0v) is 8.82. The molecule has 1 atom stereocenters. The fraction of sp³-hybridized carbons (Fsp3) is 0.818. The van der Waals surface area contributed by atoms with Crippen molar-refractivity contribution >= 4 is 11.9 Å². The summed E-state index contributed by atoms with van der Waals surface area (Å²) in [5.41, 5.74) is 0. The van der Waals surface area contributed by atoms with Gasteiger partial charge in [0.1, 0.15) is 0 Å². The van der Waals surface area contributed by atoms with Crippen LogP contribution in [-0.2, 0) is 9.59 Å². The summed E-state index contributed by atoms with van der Waals surface area (Å²) in [6.07, 6.45) is 5.47. The maximum Gasteiger partial charge on any atom is 0.306 e. The lowest BCUT2D eigenvalue weighted by Gasteiger charge is -2.27. The minimum Gasteiger partial charge on any atom is -0.481 e. The van der Waals surface area contributed by atoms with Gasteiger partial charge in [0.2, 0.25) is 0 Å². The molecule has 0 saturated heterocycles. The van der Waals surface area contributed by atoms with E-state index in [0.717, 1.165) is 25.7 Å². The second-order valence-corrected chi connectivity index (χ2v) is 4.28. The van der Waals surface area contributed by atoms with Crippen LogP contribution in [0.4, 0.5) is 0 Å². The highest BCUT2D eigenvalue weighted by atomic mass is 16.4. The Morgan fingerprint density at radius 1 is 1.13 bits per heavy atom. The Bertz CT molecular complexity index is 231. The normalized spacial score (nSPS) is 19.7. The van der Waals surface area contributed by atoms with Crippen LogP contribution in [-0.4, -0.2) is 22.2 Å². The second-order valence-electron chi connectivity index (χ2n) is 4.28. The molecule has 1 aliphatic rings. The molecule has 0 radical (unpaired) electrons. The van der Waals surface area contributed by atoms with E-state index in [0.29, 0.717) is 0 Å². The van der Waals surface area contributed by atoms with E-state index in [2.05, 4.69) is 0 Å². The van der Waals surface area contributed by atoms with Gasteiger partial charge in [0.25, 0.3) is 0 Å². The van der Waals surface area contributed by atoms with E-state index in [1.807, 2.05) is 0 Å². The lowest BCUT2D eigenvalue weighted by Crippen LogP contribution is -2.26. The SMILES string of the molecule is O=C(O)CCC(C(=O)O)C1CCCCC1. The molecule has 86 valence electrons. The van der Waals surface area contributed by atoms with Crippen molar-refractivity contribution in [1.82, 2.24) is 0 Å². The zero-order chi connectivity index (χ0) is 11.3. The molecule has 1 fully saturated rings. The summed E-state index contributed by atoms with van der Waals surface area (Å²) in [4.78, 5) is 21.4. The third-order valence-corrected chi connectivity index (χ3v) is 3.21. The Balaban J connectivity index is 2.48. The molecular weight excluding hydrogens is 196 g/mol. The van der Waals surface area contributed by atoms with Crippen LogP contribution in [0.3, 0.4) is 0 Å². The molecular formula is C11H18O4. The van der Waals surface area contributed by atoms with Crippen molar-refractivity contribution in [3.05, 3.63) is 0 Å². The minimum absolute atomic E-state index is 0.0343. The number of aliphatic carboxylic acids is 2. The molecule has 0 aromatic carbocycles. The molecule has 1 unspecified atom stereocenters. The van der Waals surface area contributed by atoms with Gasteiger partial charge in [0.05, 0.1) is 5.92 Å². The van der Waals surface area contributed by atoms with Gasteiger partial charge in [-0.05, 0) is 25.2 Å². The standard InChI is InChI=1S/C11H18O4/c12-10(13)7-6-9(11(14)15)8-4-2-1-3-5-8/h8-9H,1-7H2,(H,12,13)(H,14,15). The van der Waals surface area contributed by atoms with E-state index in [1.54, 1.807) is 0 Å². The third-order valence-electron chi connectivity index (χ3n) is 3.21. The smallest absolute Gasteiger partial charge is 0.306 e. The number of rotatable bonds is 5. The molecule has 15 heavy (non-hydrogen) atoms. The van der Waals surface area contributed by atoms with Crippen molar-refractivity contribution in [3.63, 3.8) is 0 Å². The quantitative estimate of drug-likeness (QED) is 0.735. The van der Waals surface area contributed by atoms with Gasteiger partial charge in [-0.25, -0.2) is 0 Å². The lowest BCUT2D eigenvalue weighted by atomic mass is 9.78. The molecule has 0 amide bonds. The average Bonchev–Trinajstić information content (AvgIpc) is 2.18. The van der Waals surface area contributed by atoms with Gasteiger partial charge < -0.3 is 10.2 Å². The maximum absolute atomic E-state index is 11.0. The van der Waals surface area contributed by atoms with E-state index >= 15 is 0 Å². The second kappa shape index (κ2) is 5.73. The van der Waals surface area contributed by atoms with Crippen LogP contribution in [0.15, 0.2) is 0 Å². The maximum atomic E-state index is 11.0. The van der Waals surface area contributed by atoms with Crippen molar-refractivity contribution in [1.29, 1.82) is 0 Å². The Morgan fingerprint density at radius 3 is 2.20 bits per heavy atom. The van der Waals surface area contributed by atoms with Gasteiger partial charge in [-0.3, -0.25) is 9.59 Å². The molecule has 0 heterocycles. The average molecular weight is 214 g/mol. The first-order valence-corrected chi connectivity index (χ1v) is 5.56. The summed E-state index contributed by atoms with van der Waals surface area (Å²) in [6.45, 7) is 0. The van der Waals surface area contributed by atoms with Crippen LogP contribution in [0.2, 0.25) is 0 Å². The lowest BCUT2D eigenvalue weighted by molar-refractivity contribution is -0.145. The molecule has 1 saturated carbocycles. The van der Waals surface area contributed by atoms with Gasteiger partial charge in [0.15, 0.2) is 0 Å². The Hall–Kier alpha value is -1.06. The van der Waals surface area contributed by atoms with Crippen molar-refractivity contribution in [2.75, 3.05) is 0 Å². The fourth-order valence-corrected chi connectivity index (χ4v) is 2.38. The number of carbonyl (C=O) groups is 2. The highest BCUT2D eigenvalue weighted by Crippen LogP contribution is 2.32. The van der Waals surface area contributed by atoms with Crippen LogP contribution in [0.1, 0.15) is 44.9 Å². The van der Waals surface area contributed by atoms with Crippen molar-refractivity contribution in [2.45, 2.75) is 44.9 Å². The van der Waals surface area contributed by atoms with Gasteiger partial charge in [-0.1, -0.05) is 19.3 Å². The molecule has 0 spiro atoms.